The van der Waals surface area contributed by atoms with Gasteiger partial charge in [-0.25, -0.2) is 0 Å². The van der Waals surface area contributed by atoms with E-state index in [4.69, 9.17) is 23.8 Å². The van der Waals surface area contributed by atoms with Gasteiger partial charge in [-0.15, -0.1) is 0 Å². The molecule has 96 valence electrons. The number of likely N-dealkylation sites (tertiary alicyclic amines) is 1. The van der Waals surface area contributed by atoms with Crippen LogP contribution in [-0.4, -0.2) is 29.0 Å². The molecule has 1 amide bonds. The Morgan fingerprint density at radius 3 is 2.39 bits per heavy atom. The average molecular weight is 283 g/mol. The van der Waals surface area contributed by atoms with Crippen molar-refractivity contribution in [2.75, 3.05) is 13.1 Å². The largest absolute Gasteiger partial charge is 0.349 e. The smallest absolute Gasteiger partial charge is 0.257 e. The van der Waals surface area contributed by atoms with Gasteiger partial charge in [0.05, 0.1) is 0 Å². The van der Waals surface area contributed by atoms with Gasteiger partial charge in [-0.3, -0.25) is 10.1 Å². The van der Waals surface area contributed by atoms with Crippen LogP contribution < -0.4 is 5.32 Å². The van der Waals surface area contributed by atoms with Crippen LogP contribution in [0.5, 0.6) is 0 Å². The fraction of sp³-hybridized carbons (Fsp3) is 0.385. The van der Waals surface area contributed by atoms with E-state index in [2.05, 4.69) is 5.32 Å². The van der Waals surface area contributed by atoms with E-state index in [9.17, 15) is 4.79 Å². The van der Waals surface area contributed by atoms with E-state index in [1.807, 2.05) is 4.90 Å². The van der Waals surface area contributed by atoms with Crippen LogP contribution in [0.2, 0.25) is 5.02 Å². The first-order chi connectivity index (χ1) is 8.66. The standard InChI is InChI=1S/C13H15ClN2OS/c14-11-6-4-10(5-7-11)12(17)15-13(18)16-8-2-1-3-9-16/h4-7H,1-3,8-9H2,(H,15,17,18). The summed E-state index contributed by atoms with van der Waals surface area (Å²) in [5.41, 5.74) is 0.568. The second kappa shape index (κ2) is 6.16. The fourth-order valence-corrected chi connectivity index (χ4v) is 2.35. The lowest BCUT2D eigenvalue weighted by Gasteiger charge is -2.28. The lowest BCUT2D eigenvalue weighted by Crippen LogP contribution is -2.44. The SMILES string of the molecule is O=C(NC(=S)N1CCCCC1)c1ccc(Cl)cc1. The highest BCUT2D eigenvalue weighted by atomic mass is 35.5. The van der Waals surface area contributed by atoms with Gasteiger partial charge in [0.25, 0.3) is 5.91 Å². The van der Waals surface area contributed by atoms with Crippen LogP contribution >= 0.6 is 23.8 Å². The van der Waals surface area contributed by atoms with Crippen LogP contribution in [0, 0.1) is 0 Å². The predicted molar refractivity (Wildman–Crippen MR) is 76.9 cm³/mol. The molecule has 0 bridgehead atoms. The molecule has 0 radical (unpaired) electrons. The van der Waals surface area contributed by atoms with E-state index in [1.165, 1.54) is 6.42 Å². The lowest BCUT2D eigenvalue weighted by atomic mass is 10.1. The van der Waals surface area contributed by atoms with E-state index in [0.29, 0.717) is 15.7 Å². The number of hydrogen-bond acceptors (Lipinski definition) is 2. The summed E-state index contributed by atoms with van der Waals surface area (Å²) in [6.07, 6.45) is 3.51. The molecule has 0 spiro atoms. The molecule has 2 rings (SSSR count). The third-order valence-corrected chi connectivity index (χ3v) is 3.58. The molecule has 1 saturated heterocycles. The number of nitrogens with one attached hydrogen (secondary N) is 1. The molecule has 1 aliphatic rings. The van der Waals surface area contributed by atoms with Gasteiger partial charge in [0.15, 0.2) is 5.11 Å². The Morgan fingerprint density at radius 2 is 1.78 bits per heavy atom. The monoisotopic (exact) mass is 282 g/mol. The molecule has 1 fully saturated rings. The molecule has 1 N–H and O–H groups in total. The number of nitrogens with zero attached hydrogens (tertiary/aromatic N) is 1. The summed E-state index contributed by atoms with van der Waals surface area (Å²) < 4.78 is 0. The van der Waals surface area contributed by atoms with Crippen LogP contribution in [-0.2, 0) is 0 Å². The summed E-state index contributed by atoms with van der Waals surface area (Å²) in [4.78, 5) is 14.0. The number of halogens is 1. The summed E-state index contributed by atoms with van der Waals surface area (Å²) in [5, 5.41) is 3.90. The highest BCUT2D eigenvalue weighted by molar-refractivity contribution is 7.80. The zero-order valence-corrected chi connectivity index (χ0v) is 11.6. The van der Waals surface area contributed by atoms with Gasteiger partial charge < -0.3 is 4.90 Å². The Morgan fingerprint density at radius 1 is 1.17 bits per heavy atom. The number of benzene rings is 1. The van der Waals surface area contributed by atoms with Gasteiger partial charge >= 0.3 is 0 Å². The predicted octanol–water partition coefficient (Wildman–Crippen LogP) is 2.84. The Bertz CT molecular complexity index is 441. The molecule has 5 heteroatoms. The molecule has 0 atom stereocenters. The Kier molecular flexibility index (Phi) is 4.55. The maximum Gasteiger partial charge on any atom is 0.257 e. The minimum atomic E-state index is -0.178. The number of piperidine rings is 1. The average Bonchev–Trinajstić information content (AvgIpc) is 2.40. The Balaban J connectivity index is 1.94. The Labute approximate surface area is 117 Å². The summed E-state index contributed by atoms with van der Waals surface area (Å²) in [6.45, 7) is 1.86. The molecule has 1 aromatic rings. The second-order valence-electron chi connectivity index (χ2n) is 4.31. The van der Waals surface area contributed by atoms with Crippen molar-refractivity contribution in [3.8, 4) is 0 Å². The van der Waals surface area contributed by atoms with Crippen molar-refractivity contribution in [2.45, 2.75) is 19.3 Å². The number of amides is 1. The third kappa shape index (κ3) is 3.43. The topological polar surface area (TPSA) is 32.3 Å². The maximum atomic E-state index is 11.9. The molecule has 0 aromatic heterocycles. The van der Waals surface area contributed by atoms with Crippen LogP contribution in [0.15, 0.2) is 24.3 Å². The molecule has 3 nitrogen and oxygen atoms in total. The van der Waals surface area contributed by atoms with Gasteiger partial charge in [0.1, 0.15) is 0 Å². The fourth-order valence-electron chi connectivity index (χ4n) is 1.95. The zero-order valence-electron chi connectivity index (χ0n) is 9.99. The number of carbonyl (C=O) groups is 1. The summed E-state index contributed by atoms with van der Waals surface area (Å²) in [6, 6.07) is 6.77. The van der Waals surface area contributed by atoms with Crippen LogP contribution in [0.25, 0.3) is 0 Å². The molecular weight excluding hydrogens is 268 g/mol. The molecular formula is C13H15ClN2OS. The second-order valence-corrected chi connectivity index (χ2v) is 5.14. The molecule has 1 aromatic carbocycles. The van der Waals surface area contributed by atoms with E-state index < -0.39 is 0 Å². The van der Waals surface area contributed by atoms with E-state index >= 15 is 0 Å². The van der Waals surface area contributed by atoms with Crippen molar-refractivity contribution in [1.29, 1.82) is 0 Å². The van der Waals surface area contributed by atoms with Crippen LogP contribution in [0.4, 0.5) is 0 Å². The van der Waals surface area contributed by atoms with E-state index in [1.54, 1.807) is 24.3 Å². The Hall–Kier alpha value is -1.13. The number of hydrogen-bond donors (Lipinski definition) is 1. The number of carbonyl (C=O) groups excluding carboxylic acids is 1. The first kappa shape index (κ1) is 13.3. The molecule has 18 heavy (non-hydrogen) atoms. The lowest BCUT2D eigenvalue weighted by molar-refractivity contribution is 0.0972. The third-order valence-electron chi connectivity index (χ3n) is 2.97. The van der Waals surface area contributed by atoms with Crippen molar-refractivity contribution in [2.24, 2.45) is 0 Å². The molecule has 0 unspecified atom stereocenters. The van der Waals surface area contributed by atoms with Gasteiger partial charge in [-0.2, -0.15) is 0 Å². The van der Waals surface area contributed by atoms with Crippen molar-refractivity contribution < 1.29 is 4.79 Å². The molecule has 1 heterocycles. The quantitative estimate of drug-likeness (QED) is 0.804. The minimum Gasteiger partial charge on any atom is -0.349 e. The van der Waals surface area contributed by atoms with E-state index in [0.717, 1.165) is 25.9 Å². The molecule has 0 aliphatic carbocycles. The van der Waals surface area contributed by atoms with E-state index in [-0.39, 0.29) is 5.91 Å². The van der Waals surface area contributed by atoms with Gasteiger partial charge in [0.2, 0.25) is 0 Å². The summed E-state index contributed by atoms with van der Waals surface area (Å²) in [5.74, 6) is -0.178. The number of thiocarbonyl (C=S) groups is 1. The van der Waals surface area contributed by atoms with Crippen LogP contribution in [0.1, 0.15) is 29.6 Å². The summed E-state index contributed by atoms with van der Waals surface area (Å²) >= 11 is 11.0. The van der Waals surface area contributed by atoms with Gasteiger partial charge in [-0.1, -0.05) is 11.6 Å². The van der Waals surface area contributed by atoms with Gasteiger partial charge in [-0.05, 0) is 55.7 Å². The van der Waals surface area contributed by atoms with Gasteiger partial charge in [0, 0.05) is 23.7 Å². The molecule has 1 aliphatic heterocycles. The highest BCUT2D eigenvalue weighted by Gasteiger charge is 2.15. The minimum absolute atomic E-state index is 0.178. The highest BCUT2D eigenvalue weighted by Crippen LogP contribution is 2.11. The first-order valence-corrected chi connectivity index (χ1v) is 6.81. The van der Waals surface area contributed by atoms with Crippen molar-refractivity contribution in [3.63, 3.8) is 0 Å². The zero-order chi connectivity index (χ0) is 13.0. The normalized spacial score (nSPS) is 15.3. The first-order valence-electron chi connectivity index (χ1n) is 6.02. The van der Waals surface area contributed by atoms with Crippen molar-refractivity contribution >= 4 is 34.8 Å². The maximum absolute atomic E-state index is 11.9. The van der Waals surface area contributed by atoms with Crippen LogP contribution in [0.3, 0.4) is 0 Å². The van der Waals surface area contributed by atoms with Crippen molar-refractivity contribution in [1.82, 2.24) is 10.2 Å². The molecule has 0 saturated carbocycles. The van der Waals surface area contributed by atoms with Crippen molar-refractivity contribution in [3.05, 3.63) is 34.9 Å². The summed E-state index contributed by atoms with van der Waals surface area (Å²) in [7, 11) is 0. The number of rotatable bonds is 1.